The zero-order valence-electron chi connectivity index (χ0n) is 13.5. The van der Waals surface area contributed by atoms with Crippen LogP contribution in [-0.2, 0) is 13.0 Å². The molecule has 0 saturated carbocycles. The second-order valence-electron chi connectivity index (χ2n) is 5.14. The largest absolute Gasteiger partial charge is 0.348 e. The quantitative estimate of drug-likeness (QED) is 0.711. The first-order chi connectivity index (χ1) is 9.63. The summed E-state index contributed by atoms with van der Waals surface area (Å²) in [6.45, 7) is 8.63. The molecule has 0 fully saturated rings. The minimum Gasteiger partial charge on any atom is -0.348 e. The number of thiazole rings is 1. The summed E-state index contributed by atoms with van der Waals surface area (Å²) < 4.78 is 0. The summed E-state index contributed by atoms with van der Waals surface area (Å²) >= 11 is 3.77. The maximum absolute atomic E-state index is 4.88. The number of nitrogens with one attached hydrogen (secondary N) is 1. The van der Waals surface area contributed by atoms with E-state index in [2.05, 4.69) is 44.3 Å². The van der Waals surface area contributed by atoms with E-state index in [-0.39, 0.29) is 0 Å². The Labute approximate surface area is 132 Å². The third-order valence-electron chi connectivity index (χ3n) is 3.49. The molecule has 0 amide bonds. The molecule has 1 atom stereocenters. The van der Waals surface area contributed by atoms with E-state index in [0.29, 0.717) is 6.04 Å². The molecular formula is C15H29N3S2. The Hall–Kier alpha value is -0.260. The van der Waals surface area contributed by atoms with Gasteiger partial charge in [-0.25, -0.2) is 4.98 Å². The third-order valence-corrected chi connectivity index (χ3v) is 5.32. The van der Waals surface area contributed by atoms with Crippen LogP contribution in [0.25, 0.3) is 0 Å². The first-order valence-corrected chi connectivity index (χ1v) is 9.76. The lowest BCUT2D eigenvalue weighted by Gasteiger charge is -2.23. The van der Waals surface area contributed by atoms with Gasteiger partial charge in [-0.2, -0.15) is 11.8 Å². The summed E-state index contributed by atoms with van der Waals surface area (Å²) in [6.07, 6.45) is 5.63. The molecule has 1 N–H and O–H groups in total. The van der Waals surface area contributed by atoms with Crippen LogP contribution in [0.15, 0.2) is 0 Å². The summed E-state index contributed by atoms with van der Waals surface area (Å²) in [4.78, 5) is 8.63. The fraction of sp³-hybridized carbons (Fsp3) is 0.800. The molecule has 0 radical (unpaired) electrons. The van der Waals surface area contributed by atoms with Gasteiger partial charge in [0.15, 0.2) is 5.13 Å². The first-order valence-electron chi connectivity index (χ1n) is 7.55. The SMILES string of the molecule is CCCc1nc(N(C)C(C)CCSC)sc1CNCC. The molecule has 20 heavy (non-hydrogen) atoms. The molecule has 1 aromatic rings. The number of hydrogen-bond acceptors (Lipinski definition) is 5. The number of aromatic nitrogens is 1. The zero-order chi connectivity index (χ0) is 15.0. The maximum Gasteiger partial charge on any atom is 0.185 e. The average Bonchev–Trinajstić information content (AvgIpc) is 2.85. The molecule has 0 aliphatic carbocycles. The van der Waals surface area contributed by atoms with E-state index in [0.717, 1.165) is 25.9 Å². The highest BCUT2D eigenvalue weighted by Crippen LogP contribution is 2.28. The Morgan fingerprint density at radius 3 is 2.75 bits per heavy atom. The van der Waals surface area contributed by atoms with Gasteiger partial charge in [0, 0.05) is 24.5 Å². The van der Waals surface area contributed by atoms with Crippen molar-refractivity contribution < 1.29 is 0 Å². The first kappa shape index (κ1) is 17.8. The van der Waals surface area contributed by atoms with Crippen LogP contribution in [0.2, 0.25) is 0 Å². The third kappa shape index (κ3) is 5.26. The molecule has 1 aromatic heterocycles. The number of aryl methyl sites for hydroxylation is 1. The van der Waals surface area contributed by atoms with Crippen molar-refractivity contribution in [3.63, 3.8) is 0 Å². The highest BCUT2D eigenvalue weighted by Gasteiger charge is 2.16. The second kappa shape index (κ2) is 9.64. The molecule has 1 rings (SSSR count). The van der Waals surface area contributed by atoms with E-state index >= 15 is 0 Å². The highest BCUT2D eigenvalue weighted by atomic mass is 32.2. The molecule has 0 bridgehead atoms. The van der Waals surface area contributed by atoms with Crippen molar-refractivity contribution in [2.24, 2.45) is 0 Å². The fourth-order valence-electron chi connectivity index (χ4n) is 2.00. The molecule has 0 aromatic carbocycles. The Bertz CT molecular complexity index is 379. The summed E-state index contributed by atoms with van der Waals surface area (Å²) in [7, 11) is 2.18. The van der Waals surface area contributed by atoms with Gasteiger partial charge in [-0.1, -0.05) is 20.3 Å². The van der Waals surface area contributed by atoms with Crippen molar-refractivity contribution in [3.8, 4) is 0 Å². The molecule has 0 aliphatic rings. The van der Waals surface area contributed by atoms with Crippen LogP contribution in [-0.4, -0.2) is 36.6 Å². The van der Waals surface area contributed by atoms with E-state index in [1.54, 1.807) is 0 Å². The number of rotatable bonds is 10. The van der Waals surface area contributed by atoms with Crippen molar-refractivity contribution in [1.29, 1.82) is 0 Å². The van der Waals surface area contributed by atoms with E-state index in [1.807, 2.05) is 23.1 Å². The van der Waals surface area contributed by atoms with Gasteiger partial charge in [0.25, 0.3) is 0 Å². The number of anilines is 1. The number of hydrogen-bond donors (Lipinski definition) is 1. The van der Waals surface area contributed by atoms with Crippen molar-refractivity contribution >= 4 is 28.2 Å². The van der Waals surface area contributed by atoms with Crippen LogP contribution in [0.1, 0.15) is 44.2 Å². The molecule has 5 heteroatoms. The van der Waals surface area contributed by atoms with Gasteiger partial charge in [-0.15, -0.1) is 11.3 Å². The van der Waals surface area contributed by atoms with Crippen LogP contribution in [0.5, 0.6) is 0 Å². The Kier molecular flexibility index (Phi) is 8.57. The predicted octanol–water partition coefficient (Wildman–Crippen LogP) is 3.78. The lowest BCUT2D eigenvalue weighted by Crippen LogP contribution is -2.29. The van der Waals surface area contributed by atoms with Gasteiger partial charge in [0.2, 0.25) is 0 Å². The van der Waals surface area contributed by atoms with Gasteiger partial charge >= 0.3 is 0 Å². The van der Waals surface area contributed by atoms with E-state index in [4.69, 9.17) is 4.98 Å². The normalized spacial score (nSPS) is 12.7. The lowest BCUT2D eigenvalue weighted by atomic mass is 10.2. The van der Waals surface area contributed by atoms with E-state index < -0.39 is 0 Å². The minimum atomic E-state index is 0.551. The van der Waals surface area contributed by atoms with Crippen molar-refractivity contribution in [2.75, 3.05) is 30.5 Å². The van der Waals surface area contributed by atoms with E-state index in [1.165, 1.54) is 27.9 Å². The summed E-state index contributed by atoms with van der Waals surface area (Å²) in [5.41, 5.74) is 1.29. The zero-order valence-corrected chi connectivity index (χ0v) is 15.2. The number of nitrogens with zero attached hydrogens (tertiary/aromatic N) is 2. The molecule has 116 valence electrons. The Morgan fingerprint density at radius 1 is 1.40 bits per heavy atom. The molecule has 3 nitrogen and oxygen atoms in total. The monoisotopic (exact) mass is 315 g/mol. The standard InChI is InChI=1S/C15H29N3S2/c1-6-8-13-14(11-16-7-2)20-15(17-13)18(4)12(3)9-10-19-5/h12,16H,6-11H2,1-5H3. The van der Waals surface area contributed by atoms with E-state index in [9.17, 15) is 0 Å². The second-order valence-corrected chi connectivity index (χ2v) is 7.19. The highest BCUT2D eigenvalue weighted by molar-refractivity contribution is 7.98. The van der Waals surface area contributed by atoms with Gasteiger partial charge in [0.05, 0.1) is 5.69 Å². The molecule has 0 saturated heterocycles. The maximum atomic E-state index is 4.88. The van der Waals surface area contributed by atoms with Gasteiger partial charge in [0.1, 0.15) is 0 Å². The lowest BCUT2D eigenvalue weighted by molar-refractivity contribution is 0.666. The summed E-state index contributed by atoms with van der Waals surface area (Å²) in [6, 6.07) is 0.551. The fourth-order valence-corrected chi connectivity index (χ4v) is 3.72. The topological polar surface area (TPSA) is 28.2 Å². The smallest absolute Gasteiger partial charge is 0.185 e. The molecule has 1 heterocycles. The van der Waals surface area contributed by atoms with Crippen LogP contribution >= 0.6 is 23.1 Å². The molecular weight excluding hydrogens is 286 g/mol. The summed E-state index contributed by atoms with van der Waals surface area (Å²) in [5, 5.41) is 4.60. The van der Waals surface area contributed by atoms with Gasteiger partial charge in [-0.3, -0.25) is 0 Å². The van der Waals surface area contributed by atoms with Gasteiger partial charge in [-0.05, 0) is 38.3 Å². The molecule has 0 spiro atoms. The van der Waals surface area contributed by atoms with Gasteiger partial charge < -0.3 is 10.2 Å². The summed E-state index contributed by atoms with van der Waals surface area (Å²) in [5.74, 6) is 1.21. The minimum absolute atomic E-state index is 0.551. The van der Waals surface area contributed by atoms with Crippen LogP contribution in [0, 0.1) is 0 Å². The Balaban J connectivity index is 2.77. The van der Waals surface area contributed by atoms with Crippen LogP contribution in [0.4, 0.5) is 5.13 Å². The van der Waals surface area contributed by atoms with Crippen molar-refractivity contribution in [2.45, 2.75) is 52.6 Å². The predicted molar refractivity (Wildman–Crippen MR) is 94.4 cm³/mol. The van der Waals surface area contributed by atoms with Crippen LogP contribution < -0.4 is 10.2 Å². The number of thioether (sulfide) groups is 1. The van der Waals surface area contributed by atoms with Crippen molar-refractivity contribution in [3.05, 3.63) is 10.6 Å². The van der Waals surface area contributed by atoms with Crippen LogP contribution in [0.3, 0.4) is 0 Å². The average molecular weight is 316 g/mol. The molecule has 1 unspecified atom stereocenters. The van der Waals surface area contributed by atoms with Crippen molar-refractivity contribution in [1.82, 2.24) is 10.3 Å². The Morgan fingerprint density at radius 2 is 2.15 bits per heavy atom. The molecule has 0 aliphatic heterocycles.